The summed E-state index contributed by atoms with van der Waals surface area (Å²) in [5.41, 5.74) is 1.67. The van der Waals surface area contributed by atoms with Crippen molar-refractivity contribution < 1.29 is 4.84 Å². The fourth-order valence-electron chi connectivity index (χ4n) is 2.25. The average molecular weight is 424 g/mol. The summed E-state index contributed by atoms with van der Waals surface area (Å²) in [7, 11) is 0. The van der Waals surface area contributed by atoms with E-state index in [1.807, 2.05) is 19.1 Å². The van der Waals surface area contributed by atoms with Gasteiger partial charge >= 0.3 is 0 Å². The second-order valence-corrected chi connectivity index (χ2v) is 5.87. The second kappa shape index (κ2) is 10.0. The van der Waals surface area contributed by atoms with Crippen molar-refractivity contribution in [3.8, 4) is 0 Å². The molecule has 2 heterocycles. The molecule has 136 valence electrons. The Hall–Kier alpha value is -1.24. The fourth-order valence-corrected chi connectivity index (χ4v) is 2.74. The van der Waals surface area contributed by atoms with Crippen LogP contribution >= 0.6 is 48.0 Å². The van der Waals surface area contributed by atoms with Gasteiger partial charge in [0.2, 0.25) is 5.96 Å². The van der Waals surface area contributed by atoms with Crippen molar-refractivity contribution in [1.82, 2.24) is 10.0 Å². The van der Waals surface area contributed by atoms with Gasteiger partial charge in [-0.3, -0.25) is 9.82 Å². The van der Waals surface area contributed by atoms with Crippen LogP contribution in [0.4, 0.5) is 5.69 Å². The van der Waals surface area contributed by atoms with E-state index in [0.717, 1.165) is 5.56 Å². The lowest BCUT2D eigenvalue weighted by Crippen LogP contribution is -2.34. The molecule has 0 bridgehead atoms. The number of pyridine rings is 1. The van der Waals surface area contributed by atoms with E-state index < -0.39 is 0 Å². The first-order valence-electron chi connectivity index (χ1n) is 7.25. The van der Waals surface area contributed by atoms with Crippen molar-refractivity contribution in [2.75, 3.05) is 18.4 Å². The van der Waals surface area contributed by atoms with Gasteiger partial charge in [-0.25, -0.2) is 10.1 Å². The van der Waals surface area contributed by atoms with Crippen molar-refractivity contribution in [3.05, 3.63) is 58.3 Å². The molecule has 1 aliphatic rings. The predicted molar refractivity (Wildman–Crippen MR) is 107 cm³/mol. The molecule has 0 radical (unpaired) electrons. The third-order valence-electron chi connectivity index (χ3n) is 3.46. The van der Waals surface area contributed by atoms with Crippen LogP contribution in [-0.4, -0.2) is 29.1 Å². The summed E-state index contributed by atoms with van der Waals surface area (Å²) in [6.07, 6.45) is 3.37. The van der Waals surface area contributed by atoms with Crippen LogP contribution in [0.15, 0.2) is 47.7 Å². The Balaban J connectivity index is 0.00000156. The molecule has 1 N–H and O–H groups in total. The van der Waals surface area contributed by atoms with E-state index in [9.17, 15) is 0 Å². The van der Waals surface area contributed by atoms with Crippen LogP contribution in [0.5, 0.6) is 0 Å². The van der Waals surface area contributed by atoms with Gasteiger partial charge in [-0.15, -0.1) is 24.8 Å². The minimum absolute atomic E-state index is 0. The zero-order valence-electron chi connectivity index (χ0n) is 13.4. The summed E-state index contributed by atoms with van der Waals surface area (Å²) < 4.78 is 0. The minimum Gasteiger partial charge on any atom is -0.322 e. The number of anilines is 1. The van der Waals surface area contributed by atoms with Gasteiger partial charge in [0.05, 0.1) is 28.8 Å². The molecule has 0 amide bonds. The predicted octanol–water partition coefficient (Wildman–Crippen LogP) is 5.01. The van der Waals surface area contributed by atoms with E-state index in [2.05, 4.69) is 15.3 Å². The van der Waals surface area contributed by atoms with Crippen LogP contribution in [-0.2, 0) is 4.84 Å². The topological polar surface area (TPSA) is 49.8 Å². The number of guanidine groups is 1. The third-order valence-corrected chi connectivity index (χ3v) is 4.09. The zero-order chi connectivity index (χ0) is 16.2. The molecule has 0 saturated carbocycles. The molecule has 1 aliphatic heterocycles. The maximum absolute atomic E-state index is 6.19. The van der Waals surface area contributed by atoms with E-state index in [1.165, 1.54) is 0 Å². The van der Waals surface area contributed by atoms with E-state index in [0.29, 0.717) is 34.8 Å². The lowest BCUT2D eigenvalue weighted by atomic mass is 10.2. The van der Waals surface area contributed by atoms with E-state index >= 15 is 0 Å². The van der Waals surface area contributed by atoms with Gasteiger partial charge in [0.15, 0.2) is 0 Å². The molecule has 0 fully saturated rings. The maximum Gasteiger partial charge on any atom is 0.223 e. The molecule has 5 nitrogen and oxygen atoms in total. The molecule has 1 unspecified atom stereocenters. The Bertz CT molecular complexity index is 694. The van der Waals surface area contributed by atoms with Gasteiger partial charge in [-0.1, -0.05) is 29.3 Å². The van der Waals surface area contributed by atoms with Crippen LogP contribution in [0.2, 0.25) is 10.0 Å². The number of hydroxylamine groups is 2. The molecule has 0 aliphatic carbocycles. The number of benzene rings is 1. The standard InChI is InChI=1S/C16H16Cl2N4O.2ClH/c1-11(12-5-7-19-8-6-12)23-22-10-9-20-16(22)21-15-13(17)3-2-4-14(15)18;;/h2-8,11H,9-10H2,1H3,(H,20,21);2*1H. The number of aliphatic imine (C=N–C) groups is 1. The van der Waals surface area contributed by atoms with Crippen molar-refractivity contribution in [1.29, 1.82) is 0 Å². The Morgan fingerprint density at radius 1 is 1.12 bits per heavy atom. The molecule has 3 rings (SSSR count). The smallest absolute Gasteiger partial charge is 0.223 e. The molecule has 0 saturated heterocycles. The number of hydrogen-bond donors (Lipinski definition) is 1. The van der Waals surface area contributed by atoms with Crippen LogP contribution in [0.1, 0.15) is 18.6 Å². The SMILES string of the molecule is CC(ON1CCN=C1Nc1c(Cl)cccc1Cl)c1ccncc1.Cl.Cl. The van der Waals surface area contributed by atoms with E-state index in [1.54, 1.807) is 35.7 Å². The minimum atomic E-state index is -0.121. The largest absolute Gasteiger partial charge is 0.322 e. The molecule has 9 heteroatoms. The lowest BCUT2D eigenvalue weighted by Gasteiger charge is -2.25. The molecule has 1 aromatic heterocycles. The first kappa shape index (κ1) is 21.8. The fraction of sp³-hybridized carbons (Fsp3) is 0.250. The maximum atomic E-state index is 6.19. The van der Waals surface area contributed by atoms with Gasteiger partial charge < -0.3 is 5.32 Å². The molecular weight excluding hydrogens is 406 g/mol. The summed E-state index contributed by atoms with van der Waals surface area (Å²) >= 11 is 12.4. The molecular formula is C16H18Cl4N4O. The Labute approximate surface area is 169 Å². The number of nitrogens with zero attached hydrogens (tertiary/aromatic N) is 3. The Morgan fingerprint density at radius 3 is 2.40 bits per heavy atom. The van der Waals surface area contributed by atoms with Crippen LogP contribution in [0, 0.1) is 0 Å². The molecule has 0 spiro atoms. The highest BCUT2D eigenvalue weighted by atomic mass is 35.5. The zero-order valence-corrected chi connectivity index (χ0v) is 16.5. The van der Waals surface area contributed by atoms with Gasteiger partial charge in [0, 0.05) is 12.4 Å². The molecule has 1 aromatic carbocycles. The molecule has 2 aromatic rings. The third kappa shape index (κ3) is 5.36. The number of nitrogens with one attached hydrogen (secondary N) is 1. The number of rotatable bonds is 4. The summed E-state index contributed by atoms with van der Waals surface area (Å²) in [5, 5.41) is 5.96. The highest BCUT2D eigenvalue weighted by Crippen LogP contribution is 2.30. The highest BCUT2D eigenvalue weighted by Gasteiger charge is 2.22. The van der Waals surface area contributed by atoms with Crippen LogP contribution < -0.4 is 5.32 Å². The van der Waals surface area contributed by atoms with Crippen LogP contribution in [0.3, 0.4) is 0 Å². The Morgan fingerprint density at radius 2 is 1.76 bits per heavy atom. The van der Waals surface area contributed by atoms with Crippen molar-refractivity contribution in [2.45, 2.75) is 13.0 Å². The quantitative estimate of drug-likeness (QED) is 0.750. The number of halogens is 4. The number of para-hydroxylation sites is 1. The highest BCUT2D eigenvalue weighted by molar-refractivity contribution is 6.39. The van der Waals surface area contributed by atoms with Crippen molar-refractivity contribution >= 4 is 59.7 Å². The first-order chi connectivity index (χ1) is 11.1. The normalized spacial score (nSPS) is 14.2. The second-order valence-electron chi connectivity index (χ2n) is 5.06. The summed E-state index contributed by atoms with van der Waals surface area (Å²) in [6, 6.07) is 9.20. The van der Waals surface area contributed by atoms with Gasteiger partial charge in [-0.2, -0.15) is 0 Å². The number of aromatic nitrogens is 1. The first-order valence-corrected chi connectivity index (χ1v) is 8.00. The molecule has 1 atom stereocenters. The van der Waals surface area contributed by atoms with Crippen molar-refractivity contribution in [3.63, 3.8) is 0 Å². The van der Waals surface area contributed by atoms with Crippen LogP contribution in [0.25, 0.3) is 0 Å². The average Bonchev–Trinajstić information content (AvgIpc) is 2.99. The monoisotopic (exact) mass is 422 g/mol. The van der Waals surface area contributed by atoms with Gasteiger partial charge in [-0.05, 0) is 36.8 Å². The number of hydrogen-bond acceptors (Lipinski definition) is 5. The van der Waals surface area contributed by atoms with Gasteiger partial charge in [0.25, 0.3) is 0 Å². The lowest BCUT2D eigenvalue weighted by molar-refractivity contribution is -0.135. The summed E-state index contributed by atoms with van der Waals surface area (Å²) in [6.45, 7) is 3.29. The summed E-state index contributed by atoms with van der Waals surface area (Å²) in [4.78, 5) is 14.4. The molecule has 25 heavy (non-hydrogen) atoms. The summed E-state index contributed by atoms with van der Waals surface area (Å²) in [5.74, 6) is 0.598. The van der Waals surface area contributed by atoms with Crippen molar-refractivity contribution in [2.24, 2.45) is 4.99 Å². The van der Waals surface area contributed by atoms with E-state index in [4.69, 9.17) is 28.0 Å². The van der Waals surface area contributed by atoms with E-state index in [-0.39, 0.29) is 30.9 Å². The van der Waals surface area contributed by atoms with Gasteiger partial charge in [0.1, 0.15) is 6.10 Å². The Kier molecular flexibility index (Phi) is 8.76.